The number of rotatable bonds is 6. The van der Waals surface area contributed by atoms with Gasteiger partial charge in [0.1, 0.15) is 0 Å². The number of carbonyl (C=O) groups is 1. The second-order valence-electron chi connectivity index (χ2n) is 7.92. The lowest BCUT2D eigenvalue weighted by Gasteiger charge is -2.12. The van der Waals surface area contributed by atoms with Crippen molar-refractivity contribution in [3.63, 3.8) is 0 Å². The zero-order valence-corrected chi connectivity index (χ0v) is 18.3. The van der Waals surface area contributed by atoms with E-state index in [9.17, 15) is 40.2 Å². The van der Waals surface area contributed by atoms with E-state index in [1.54, 1.807) is 30.3 Å². The standard InChI is InChI=1S/C23H16N4O8/c1-24(2)13-5-3-12(4-6-13)7-16-17-8-14(25(30)31)10-19(23(28)29)21(17)22-18(16)9-15(26(32)33)11-20(22)27(34)35/h3-11H,1-2H3,(H,28,29)/b16-7+. The highest BCUT2D eigenvalue weighted by Crippen LogP contribution is 2.53. The first-order chi connectivity index (χ1) is 16.5. The molecule has 0 heterocycles. The average molecular weight is 476 g/mol. The van der Waals surface area contributed by atoms with Gasteiger partial charge in [-0.3, -0.25) is 30.3 Å². The van der Waals surface area contributed by atoms with Gasteiger partial charge in [-0.2, -0.15) is 0 Å². The van der Waals surface area contributed by atoms with Crippen LogP contribution in [0.3, 0.4) is 0 Å². The normalized spacial score (nSPS) is 12.7. The van der Waals surface area contributed by atoms with E-state index in [2.05, 4.69) is 0 Å². The summed E-state index contributed by atoms with van der Waals surface area (Å²) in [6, 6.07) is 10.9. The zero-order valence-electron chi connectivity index (χ0n) is 18.3. The van der Waals surface area contributed by atoms with Crippen LogP contribution in [0.4, 0.5) is 22.7 Å². The Morgan fingerprint density at radius 1 is 0.829 bits per heavy atom. The van der Waals surface area contributed by atoms with Gasteiger partial charge >= 0.3 is 5.97 Å². The summed E-state index contributed by atoms with van der Waals surface area (Å²) in [5, 5.41) is 44.7. The molecule has 3 aromatic rings. The number of hydrogen-bond acceptors (Lipinski definition) is 8. The van der Waals surface area contributed by atoms with E-state index in [1.165, 1.54) is 0 Å². The van der Waals surface area contributed by atoms with Gasteiger partial charge < -0.3 is 10.0 Å². The van der Waals surface area contributed by atoms with Crippen molar-refractivity contribution in [2.24, 2.45) is 0 Å². The van der Waals surface area contributed by atoms with Crippen LogP contribution in [0, 0.1) is 30.3 Å². The minimum Gasteiger partial charge on any atom is -0.478 e. The second-order valence-corrected chi connectivity index (χ2v) is 7.92. The quantitative estimate of drug-likeness (QED) is 0.305. The van der Waals surface area contributed by atoms with E-state index in [0.29, 0.717) is 5.56 Å². The maximum atomic E-state index is 12.0. The number of aromatic carboxylic acids is 1. The molecule has 35 heavy (non-hydrogen) atoms. The van der Waals surface area contributed by atoms with Crippen LogP contribution in [0.1, 0.15) is 27.0 Å². The van der Waals surface area contributed by atoms with Crippen molar-refractivity contribution in [3.05, 3.63) is 101 Å². The Labute approximate surface area is 196 Å². The Morgan fingerprint density at radius 3 is 1.86 bits per heavy atom. The van der Waals surface area contributed by atoms with Crippen molar-refractivity contribution in [2.45, 2.75) is 0 Å². The van der Waals surface area contributed by atoms with Crippen LogP contribution in [0.2, 0.25) is 0 Å². The SMILES string of the molecule is CN(C)c1ccc(/C=C2\c3cc([N+](=O)[O-])cc(C(=O)O)c3-c3c2cc([N+](=O)[O-])cc3[N+](=O)[O-])cc1. The third-order valence-electron chi connectivity index (χ3n) is 5.62. The predicted octanol–water partition coefficient (Wildman–Crippen LogP) is 4.74. The van der Waals surface area contributed by atoms with E-state index in [-0.39, 0.29) is 27.8 Å². The summed E-state index contributed by atoms with van der Waals surface area (Å²) >= 11 is 0. The van der Waals surface area contributed by atoms with Gasteiger partial charge in [-0.05, 0) is 34.9 Å². The van der Waals surface area contributed by atoms with E-state index < -0.39 is 43.4 Å². The molecule has 12 nitrogen and oxygen atoms in total. The fourth-order valence-electron chi connectivity index (χ4n) is 4.06. The number of nitro benzene ring substituents is 3. The molecule has 0 fully saturated rings. The molecule has 1 N–H and O–H groups in total. The molecule has 0 saturated heterocycles. The number of fused-ring (bicyclic) bond motifs is 3. The molecule has 0 unspecified atom stereocenters. The highest BCUT2D eigenvalue weighted by Gasteiger charge is 2.38. The first kappa shape index (κ1) is 23.0. The Balaban J connectivity index is 2.13. The van der Waals surface area contributed by atoms with Crippen LogP contribution in [0.15, 0.2) is 48.5 Å². The molecule has 0 aliphatic heterocycles. The fraction of sp³-hybridized carbons (Fsp3) is 0.0870. The van der Waals surface area contributed by atoms with Crippen molar-refractivity contribution < 1.29 is 24.7 Å². The van der Waals surface area contributed by atoms with Crippen LogP contribution in [0.25, 0.3) is 22.8 Å². The van der Waals surface area contributed by atoms with Crippen molar-refractivity contribution in [1.82, 2.24) is 0 Å². The van der Waals surface area contributed by atoms with Crippen molar-refractivity contribution in [1.29, 1.82) is 0 Å². The largest absolute Gasteiger partial charge is 0.478 e. The topological polar surface area (TPSA) is 170 Å². The molecule has 12 heteroatoms. The molecule has 0 bridgehead atoms. The Morgan fingerprint density at radius 2 is 1.37 bits per heavy atom. The van der Waals surface area contributed by atoms with Crippen LogP contribution >= 0.6 is 0 Å². The van der Waals surface area contributed by atoms with E-state index >= 15 is 0 Å². The molecular weight excluding hydrogens is 460 g/mol. The van der Waals surface area contributed by atoms with Crippen molar-refractivity contribution in [2.75, 3.05) is 19.0 Å². The number of nitro groups is 3. The summed E-state index contributed by atoms with van der Waals surface area (Å²) in [4.78, 5) is 46.4. The second kappa shape index (κ2) is 8.33. The summed E-state index contributed by atoms with van der Waals surface area (Å²) in [6.07, 6.45) is 1.56. The summed E-state index contributed by atoms with van der Waals surface area (Å²) in [6.45, 7) is 0. The Bertz CT molecular complexity index is 1390. The number of benzene rings is 3. The number of non-ortho nitro benzene ring substituents is 2. The van der Waals surface area contributed by atoms with Gasteiger partial charge in [0.05, 0.1) is 32.0 Å². The summed E-state index contributed by atoms with van der Waals surface area (Å²) < 4.78 is 0. The fourth-order valence-corrected chi connectivity index (χ4v) is 4.06. The molecule has 4 rings (SSSR count). The Kier molecular flexibility index (Phi) is 5.49. The minimum atomic E-state index is -1.53. The molecule has 0 aromatic heterocycles. The van der Waals surface area contributed by atoms with Crippen LogP contribution in [-0.4, -0.2) is 39.9 Å². The zero-order chi connectivity index (χ0) is 25.6. The van der Waals surface area contributed by atoms with Gasteiger partial charge in [0.15, 0.2) is 0 Å². The van der Waals surface area contributed by atoms with Crippen molar-refractivity contribution in [3.8, 4) is 11.1 Å². The molecule has 0 amide bonds. The van der Waals surface area contributed by atoms with Gasteiger partial charge in [-0.15, -0.1) is 0 Å². The highest BCUT2D eigenvalue weighted by atomic mass is 16.6. The average Bonchev–Trinajstić information content (AvgIpc) is 3.11. The highest BCUT2D eigenvalue weighted by molar-refractivity contribution is 6.14. The van der Waals surface area contributed by atoms with E-state index in [1.807, 2.05) is 19.0 Å². The monoisotopic (exact) mass is 476 g/mol. The predicted molar refractivity (Wildman–Crippen MR) is 127 cm³/mol. The first-order valence-electron chi connectivity index (χ1n) is 10.0. The summed E-state index contributed by atoms with van der Waals surface area (Å²) in [5.74, 6) is -1.53. The third kappa shape index (κ3) is 3.93. The molecular formula is C23H16N4O8. The van der Waals surface area contributed by atoms with E-state index in [0.717, 1.165) is 30.0 Å². The lowest BCUT2D eigenvalue weighted by Crippen LogP contribution is -2.07. The van der Waals surface area contributed by atoms with Gasteiger partial charge in [0.2, 0.25) is 0 Å². The van der Waals surface area contributed by atoms with Gasteiger partial charge in [0, 0.05) is 49.1 Å². The molecule has 0 radical (unpaired) electrons. The number of hydrogen-bond donors (Lipinski definition) is 1. The van der Waals surface area contributed by atoms with Crippen LogP contribution in [0.5, 0.6) is 0 Å². The molecule has 0 spiro atoms. The summed E-state index contributed by atoms with van der Waals surface area (Å²) in [7, 11) is 3.70. The lowest BCUT2D eigenvalue weighted by atomic mass is 9.96. The lowest BCUT2D eigenvalue weighted by molar-refractivity contribution is -0.393. The van der Waals surface area contributed by atoms with Crippen LogP contribution < -0.4 is 4.90 Å². The van der Waals surface area contributed by atoms with Crippen LogP contribution in [-0.2, 0) is 0 Å². The maximum Gasteiger partial charge on any atom is 0.336 e. The van der Waals surface area contributed by atoms with E-state index in [4.69, 9.17) is 0 Å². The first-order valence-corrected chi connectivity index (χ1v) is 10.0. The smallest absolute Gasteiger partial charge is 0.336 e. The third-order valence-corrected chi connectivity index (χ3v) is 5.62. The maximum absolute atomic E-state index is 12.0. The molecule has 176 valence electrons. The van der Waals surface area contributed by atoms with Crippen molar-refractivity contribution >= 4 is 40.4 Å². The number of carboxylic acids is 1. The summed E-state index contributed by atoms with van der Waals surface area (Å²) in [5.41, 5.74) is -0.732. The number of carboxylic acid groups (broad SMARTS) is 1. The van der Waals surface area contributed by atoms with Gasteiger partial charge in [-0.25, -0.2) is 4.79 Å². The van der Waals surface area contributed by atoms with Gasteiger partial charge in [0.25, 0.3) is 17.1 Å². The molecule has 1 aliphatic rings. The molecule has 3 aromatic carbocycles. The number of anilines is 1. The number of nitrogens with zero attached hydrogens (tertiary/aromatic N) is 4. The van der Waals surface area contributed by atoms with Gasteiger partial charge in [-0.1, -0.05) is 12.1 Å². The molecule has 0 saturated carbocycles. The minimum absolute atomic E-state index is 0.0422. The molecule has 1 aliphatic carbocycles. The Hall–Kier alpha value is -5.13. The molecule has 0 atom stereocenters.